The highest BCUT2D eigenvalue weighted by molar-refractivity contribution is 5.78. The summed E-state index contributed by atoms with van der Waals surface area (Å²) in [4.78, 5) is 10.6. The molecular weight excluding hydrogens is 238 g/mol. The van der Waals surface area contributed by atoms with Crippen LogP contribution in [0.1, 0.15) is 65.7 Å². The van der Waals surface area contributed by atoms with Gasteiger partial charge in [0.15, 0.2) is 0 Å². The predicted molar refractivity (Wildman–Crippen MR) is 78.8 cm³/mol. The fourth-order valence-corrected chi connectivity index (χ4v) is 3.19. The van der Waals surface area contributed by atoms with E-state index in [9.17, 15) is 9.90 Å². The zero-order chi connectivity index (χ0) is 14.3. The molecule has 1 heterocycles. The molecule has 19 heavy (non-hydrogen) atoms. The molecule has 3 nitrogen and oxygen atoms in total. The van der Waals surface area contributed by atoms with Gasteiger partial charge < -0.3 is 10.4 Å². The van der Waals surface area contributed by atoms with Crippen LogP contribution in [0.5, 0.6) is 0 Å². The first-order chi connectivity index (χ1) is 9.04. The Morgan fingerprint density at radius 1 is 1.32 bits per heavy atom. The van der Waals surface area contributed by atoms with Crippen LogP contribution in [0.3, 0.4) is 0 Å². The molecule has 0 bridgehead atoms. The molecule has 2 fully saturated rings. The molecule has 2 aliphatic rings. The maximum Gasteiger partial charge on any atom is 0.220 e. The van der Waals surface area contributed by atoms with Crippen molar-refractivity contribution in [3.05, 3.63) is 0 Å². The van der Waals surface area contributed by atoms with Crippen molar-refractivity contribution >= 4 is 5.91 Å². The maximum atomic E-state index is 10.6. The monoisotopic (exact) mass is 269 g/mol. The average Bonchev–Trinajstić information content (AvgIpc) is 2.76. The van der Waals surface area contributed by atoms with Gasteiger partial charge in [-0.25, -0.2) is 0 Å². The van der Waals surface area contributed by atoms with E-state index in [1.165, 1.54) is 32.1 Å². The lowest BCUT2D eigenvalue weighted by Crippen LogP contribution is -2.28. The summed E-state index contributed by atoms with van der Waals surface area (Å²) in [6, 6.07) is 0. The number of carbonyl (C=O) groups excluding carboxylic acids is 1. The topological polar surface area (TPSA) is 49.3 Å². The third kappa shape index (κ3) is 5.94. The lowest BCUT2D eigenvalue weighted by molar-refractivity contribution is -0.119. The van der Waals surface area contributed by atoms with Gasteiger partial charge in [0.05, 0.1) is 6.10 Å². The number of carbonyl (C=O) groups is 1. The molecule has 0 radical (unpaired) electrons. The largest absolute Gasteiger partial charge is 0.393 e. The van der Waals surface area contributed by atoms with Crippen LogP contribution in [-0.2, 0) is 4.79 Å². The second kappa shape index (κ2) is 8.57. The fourth-order valence-electron chi connectivity index (χ4n) is 3.19. The molecule has 0 aromatic heterocycles. The van der Waals surface area contributed by atoms with Crippen LogP contribution in [-0.4, -0.2) is 23.7 Å². The number of amides is 1. The molecule has 1 amide bonds. The van der Waals surface area contributed by atoms with Crippen molar-refractivity contribution in [1.82, 2.24) is 5.32 Å². The van der Waals surface area contributed by atoms with Gasteiger partial charge in [0.1, 0.15) is 0 Å². The minimum atomic E-state index is -0.00579. The Hall–Kier alpha value is -0.570. The second-order valence-electron chi connectivity index (χ2n) is 6.42. The van der Waals surface area contributed by atoms with Crippen LogP contribution in [0.2, 0.25) is 0 Å². The fraction of sp³-hybridized carbons (Fsp3) is 0.938. The lowest BCUT2D eigenvalue weighted by atomic mass is 9.79. The van der Waals surface area contributed by atoms with Crippen LogP contribution in [0.25, 0.3) is 0 Å². The Morgan fingerprint density at radius 2 is 2.00 bits per heavy atom. The van der Waals surface area contributed by atoms with Crippen molar-refractivity contribution in [2.45, 2.75) is 71.8 Å². The molecule has 2 rings (SSSR count). The third-order valence-electron chi connectivity index (χ3n) is 4.40. The zero-order valence-corrected chi connectivity index (χ0v) is 12.8. The van der Waals surface area contributed by atoms with Crippen LogP contribution >= 0.6 is 0 Å². The minimum Gasteiger partial charge on any atom is -0.393 e. The number of rotatable bonds is 3. The molecule has 3 heteroatoms. The maximum absolute atomic E-state index is 10.6. The average molecular weight is 269 g/mol. The van der Waals surface area contributed by atoms with E-state index >= 15 is 0 Å². The standard InChI is InChI=1S/C9H18O.C7H13NO/c1-7(2)8-5-3-4-6-9(8)10;1-2-3-6-4-7(9)8-5-6/h7-10H,3-6H2,1-2H3;6H,2-5H2,1H3,(H,8,9). The van der Waals surface area contributed by atoms with E-state index in [0.29, 0.717) is 17.8 Å². The van der Waals surface area contributed by atoms with Crippen molar-refractivity contribution in [1.29, 1.82) is 0 Å². The van der Waals surface area contributed by atoms with E-state index in [1.54, 1.807) is 0 Å². The molecule has 0 aromatic rings. The first kappa shape index (κ1) is 16.5. The summed E-state index contributed by atoms with van der Waals surface area (Å²) in [5.41, 5.74) is 0. The highest BCUT2D eigenvalue weighted by Crippen LogP contribution is 2.29. The van der Waals surface area contributed by atoms with Gasteiger partial charge in [-0.2, -0.15) is 0 Å². The molecule has 112 valence electrons. The summed E-state index contributed by atoms with van der Waals surface area (Å²) >= 11 is 0. The van der Waals surface area contributed by atoms with Crippen molar-refractivity contribution in [2.75, 3.05) is 6.54 Å². The number of hydrogen-bond acceptors (Lipinski definition) is 2. The number of hydrogen-bond donors (Lipinski definition) is 2. The molecule has 1 saturated carbocycles. The summed E-state index contributed by atoms with van der Waals surface area (Å²) in [6.07, 6.45) is 7.95. The normalized spacial score (nSPS) is 30.8. The van der Waals surface area contributed by atoms with Crippen molar-refractivity contribution < 1.29 is 9.90 Å². The minimum absolute atomic E-state index is 0.00579. The van der Waals surface area contributed by atoms with E-state index in [1.807, 2.05) is 0 Å². The number of aliphatic hydroxyl groups excluding tert-OH is 1. The molecule has 1 aliphatic heterocycles. The van der Waals surface area contributed by atoms with Gasteiger partial charge in [-0.1, -0.05) is 40.0 Å². The molecule has 1 aliphatic carbocycles. The first-order valence-corrected chi connectivity index (χ1v) is 7.99. The van der Waals surface area contributed by atoms with Gasteiger partial charge in [0, 0.05) is 13.0 Å². The van der Waals surface area contributed by atoms with Crippen molar-refractivity contribution in [2.24, 2.45) is 17.8 Å². The smallest absolute Gasteiger partial charge is 0.220 e. The van der Waals surface area contributed by atoms with Gasteiger partial charge in [-0.3, -0.25) is 4.79 Å². The van der Waals surface area contributed by atoms with Gasteiger partial charge in [-0.05, 0) is 37.0 Å². The summed E-state index contributed by atoms with van der Waals surface area (Å²) in [6.45, 7) is 7.48. The molecule has 3 atom stereocenters. The summed E-state index contributed by atoms with van der Waals surface area (Å²) in [5.74, 6) is 2.10. The van der Waals surface area contributed by atoms with Crippen LogP contribution < -0.4 is 5.32 Å². The zero-order valence-electron chi connectivity index (χ0n) is 12.8. The van der Waals surface area contributed by atoms with E-state index in [-0.39, 0.29) is 12.0 Å². The second-order valence-corrected chi connectivity index (χ2v) is 6.42. The Morgan fingerprint density at radius 3 is 2.42 bits per heavy atom. The molecule has 2 N–H and O–H groups in total. The van der Waals surface area contributed by atoms with Crippen LogP contribution in [0, 0.1) is 17.8 Å². The SMILES string of the molecule is CC(C)C1CCCCC1O.CCCC1CNC(=O)C1. The third-order valence-corrected chi connectivity index (χ3v) is 4.40. The molecule has 0 aromatic carbocycles. The van der Waals surface area contributed by atoms with E-state index in [2.05, 4.69) is 26.1 Å². The lowest BCUT2D eigenvalue weighted by Gasteiger charge is -2.30. The molecule has 1 saturated heterocycles. The van der Waals surface area contributed by atoms with Gasteiger partial charge in [-0.15, -0.1) is 0 Å². The van der Waals surface area contributed by atoms with Gasteiger partial charge in [0.2, 0.25) is 5.91 Å². The predicted octanol–water partition coefficient (Wildman–Crippen LogP) is 3.12. The van der Waals surface area contributed by atoms with Crippen LogP contribution in [0.4, 0.5) is 0 Å². The number of nitrogens with one attached hydrogen (secondary N) is 1. The van der Waals surface area contributed by atoms with Crippen molar-refractivity contribution in [3.8, 4) is 0 Å². The van der Waals surface area contributed by atoms with Crippen LogP contribution in [0.15, 0.2) is 0 Å². The van der Waals surface area contributed by atoms with Gasteiger partial charge >= 0.3 is 0 Å². The summed E-state index contributed by atoms with van der Waals surface area (Å²) < 4.78 is 0. The molecular formula is C16H31NO2. The molecule has 3 unspecified atom stereocenters. The van der Waals surface area contributed by atoms with E-state index in [4.69, 9.17) is 0 Å². The van der Waals surface area contributed by atoms with Gasteiger partial charge in [0.25, 0.3) is 0 Å². The van der Waals surface area contributed by atoms with Crippen molar-refractivity contribution in [3.63, 3.8) is 0 Å². The Balaban J connectivity index is 0.000000191. The highest BCUT2D eigenvalue weighted by atomic mass is 16.3. The quantitative estimate of drug-likeness (QED) is 0.827. The number of aliphatic hydroxyl groups is 1. The Bertz CT molecular complexity index is 265. The Kier molecular flexibility index (Phi) is 7.44. The van der Waals surface area contributed by atoms with E-state index in [0.717, 1.165) is 19.4 Å². The highest BCUT2D eigenvalue weighted by Gasteiger charge is 2.25. The Labute approximate surface area is 118 Å². The molecule has 0 spiro atoms. The first-order valence-electron chi connectivity index (χ1n) is 7.99. The summed E-state index contributed by atoms with van der Waals surface area (Å²) in [5, 5.41) is 12.4. The summed E-state index contributed by atoms with van der Waals surface area (Å²) in [7, 11) is 0. The van der Waals surface area contributed by atoms with E-state index < -0.39 is 0 Å².